The second kappa shape index (κ2) is 6.03. The molecular weight excluding hydrogens is 499 g/mol. The maximum Gasteiger partial charge on any atom is 0.158 e. The fourth-order valence-electron chi connectivity index (χ4n) is 1.29. The first-order valence-corrected chi connectivity index (χ1v) is 7.92. The Balaban J connectivity index is 2.44. The van der Waals surface area contributed by atoms with Gasteiger partial charge in [-0.2, -0.15) is 0 Å². The Labute approximate surface area is 137 Å². The Morgan fingerprint density at radius 1 is 0.944 bits per heavy atom. The van der Waals surface area contributed by atoms with E-state index in [1.165, 1.54) is 0 Å². The van der Waals surface area contributed by atoms with Gasteiger partial charge in [0.2, 0.25) is 0 Å². The van der Waals surface area contributed by atoms with Gasteiger partial charge in [0, 0.05) is 4.47 Å². The average molecular weight is 504 g/mol. The first-order chi connectivity index (χ1) is 8.49. The third-order valence-electron chi connectivity index (χ3n) is 2.09. The fourth-order valence-corrected chi connectivity index (χ4v) is 3.95. The first kappa shape index (κ1) is 14.5. The minimum absolute atomic E-state index is 0.267. The minimum atomic E-state index is -0.400. The lowest BCUT2D eigenvalue weighted by Gasteiger charge is -2.11. The Morgan fingerprint density at radius 3 is 2.33 bits per heavy atom. The molecule has 0 spiro atoms. The summed E-state index contributed by atoms with van der Waals surface area (Å²) in [7, 11) is 0. The van der Waals surface area contributed by atoms with E-state index in [0.29, 0.717) is 20.4 Å². The van der Waals surface area contributed by atoms with Crippen molar-refractivity contribution in [2.75, 3.05) is 0 Å². The molecule has 0 radical (unpaired) electrons. The molecule has 0 aliphatic rings. The van der Waals surface area contributed by atoms with Crippen molar-refractivity contribution in [3.63, 3.8) is 0 Å². The second-order valence-corrected chi connectivity index (χ2v) is 6.77. The normalized spacial score (nSPS) is 10.5. The molecule has 2 aromatic rings. The predicted octanol–water partition coefficient (Wildman–Crippen LogP) is 6.67. The van der Waals surface area contributed by atoms with E-state index in [2.05, 4.69) is 63.7 Å². The molecule has 0 atom stereocenters. The van der Waals surface area contributed by atoms with Crippen molar-refractivity contribution >= 4 is 63.7 Å². The van der Waals surface area contributed by atoms with E-state index in [0.717, 1.165) is 4.47 Å². The quantitative estimate of drug-likeness (QED) is 0.329. The summed E-state index contributed by atoms with van der Waals surface area (Å²) in [6, 6.07) is 8.94. The van der Waals surface area contributed by atoms with Gasteiger partial charge in [0.15, 0.2) is 11.6 Å². The SMILES string of the molecule is Fc1c(Br)cc(Br)c(Oc2cccc(Br)c2)c1Br. The first-order valence-electron chi connectivity index (χ1n) is 4.75. The fraction of sp³-hybridized carbons (Fsp3) is 0. The van der Waals surface area contributed by atoms with Crippen LogP contribution in [0.4, 0.5) is 4.39 Å². The molecule has 2 aromatic carbocycles. The summed E-state index contributed by atoms with van der Waals surface area (Å²) in [4.78, 5) is 0. The van der Waals surface area contributed by atoms with Gasteiger partial charge in [-0.05, 0) is 72.1 Å². The molecule has 94 valence electrons. The molecule has 0 unspecified atom stereocenters. The summed E-state index contributed by atoms with van der Waals surface area (Å²) in [6.45, 7) is 0. The number of ether oxygens (including phenoxy) is 1. The number of benzene rings is 2. The van der Waals surface area contributed by atoms with Crippen LogP contribution in [0.25, 0.3) is 0 Å². The zero-order chi connectivity index (χ0) is 13.3. The highest BCUT2D eigenvalue weighted by Crippen LogP contribution is 2.41. The van der Waals surface area contributed by atoms with Gasteiger partial charge < -0.3 is 4.74 Å². The third-order valence-corrected chi connectivity index (χ3v) is 4.46. The molecule has 0 aromatic heterocycles. The molecule has 0 bridgehead atoms. The van der Waals surface area contributed by atoms with Crippen molar-refractivity contribution in [1.29, 1.82) is 0 Å². The van der Waals surface area contributed by atoms with Crippen molar-refractivity contribution in [2.45, 2.75) is 0 Å². The Morgan fingerprint density at radius 2 is 1.67 bits per heavy atom. The monoisotopic (exact) mass is 500 g/mol. The molecule has 0 N–H and O–H groups in total. The van der Waals surface area contributed by atoms with Crippen molar-refractivity contribution in [2.24, 2.45) is 0 Å². The van der Waals surface area contributed by atoms with E-state index in [9.17, 15) is 4.39 Å². The molecule has 0 aliphatic carbocycles. The van der Waals surface area contributed by atoms with Crippen LogP contribution in [0.3, 0.4) is 0 Å². The van der Waals surface area contributed by atoms with E-state index in [-0.39, 0.29) is 4.47 Å². The molecule has 0 heterocycles. The van der Waals surface area contributed by atoms with E-state index in [1.54, 1.807) is 18.2 Å². The van der Waals surface area contributed by atoms with Crippen LogP contribution in [0.5, 0.6) is 11.5 Å². The van der Waals surface area contributed by atoms with Gasteiger partial charge >= 0.3 is 0 Å². The van der Waals surface area contributed by atoms with Gasteiger partial charge in [0.25, 0.3) is 0 Å². The van der Waals surface area contributed by atoms with Crippen LogP contribution in [-0.4, -0.2) is 0 Å². The zero-order valence-corrected chi connectivity index (χ0v) is 15.0. The number of rotatable bonds is 2. The van der Waals surface area contributed by atoms with Crippen molar-refractivity contribution in [1.82, 2.24) is 0 Å². The zero-order valence-electron chi connectivity index (χ0n) is 8.68. The van der Waals surface area contributed by atoms with E-state index < -0.39 is 5.82 Å². The van der Waals surface area contributed by atoms with E-state index in [4.69, 9.17) is 4.74 Å². The predicted molar refractivity (Wildman–Crippen MR) is 83.7 cm³/mol. The molecule has 1 nitrogen and oxygen atoms in total. The molecule has 2 rings (SSSR count). The molecule has 0 amide bonds. The van der Waals surface area contributed by atoms with Crippen molar-refractivity contribution < 1.29 is 9.13 Å². The van der Waals surface area contributed by atoms with Crippen LogP contribution >= 0.6 is 63.7 Å². The van der Waals surface area contributed by atoms with Gasteiger partial charge in [0.1, 0.15) is 5.75 Å². The summed E-state index contributed by atoms with van der Waals surface area (Å²) in [6.07, 6.45) is 0. The molecule has 6 heteroatoms. The van der Waals surface area contributed by atoms with E-state index >= 15 is 0 Å². The Bertz CT molecular complexity index is 601. The van der Waals surface area contributed by atoms with E-state index in [1.807, 2.05) is 12.1 Å². The summed E-state index contributed by atoms with van der Waals surface area (Å²) in [5, 5.41) is 0. The average Bonchev–Trinajstić information content (AvgIpc) is 2.32. The van der Waals surface area contributed by atoms with Crippen LogP contribution in [0.15, 0.2) is 48.2 Å². The molecule has 0 aliphatic heterocycles. The highest BCUT2D eigenvalue weighted by Gasteiger charge is 2.16. The van der Waals surface area contributed by atoms with Gasteiger partial charge in [-0.25, -0.2) is 4.39 Å². The Hall–Kier alpha value is 0.0900. The second-order valence-electron chi connectivity index (χ2n) is 3.36. The standard InChI is InChI=1S/C12H5Br4FO/c13-6-2-1-3-7(4-6)18-12-9(15)5-8(14)11(17)10(12)16/h1-5H. The number of hydrogen-bond acceptors (Lipinski definition) is 1. The summed E-state index contributed by atoms with van der Waals surface area (Å²) in [5.41, 5.74) is 0. The maximum absolute atomic E-state index is 13.7. The summed E-state index contributed by atoms with van der Waals surface area (Å²) >= 11 is 13.0. The van der Waals surface area contributed by atoms with Crippen LogP contribution in [0.1, 0.15) is 0 Å². The highest BCUT2D eigenvalue weighted by molar-refractivity contribution is 9.11. The van der Waals surface area contributed by atoms with Gasteiger partial charge in [-0.15, -0.1) is 0 Å². The van der Waals surface area contributed by atoms with Gasteiger partial charge in [-0.1, -0.05) is 22.0 Å². The lowest BCUT2D eigenvalue weighted by Crippen LogP contribution is -1.91. The number of hydrogen-bond donors (Lipinski definition) is 0. The highest BCUT2D eigenvalue weighted by atomic mass is 79.9. The molecule has 0 saturated heterocycles. The van der Waals surface area contributed by atoms with Gasteiger partial charge in [-0.3, -0.25) is 0 Å². The molecule has 0 fully saturated rings. The third kappa shape index (κ3) is 3.15. The van der Waals surface area contributed by atoms with Crippen molar-refractivity contribution in [3.05, 3.63) is 54.0 Å². The molecule has 18 heavy (non-hydrogen) atoms. The summed E-state index contributed by atoms with van der Waals surface area (Å²) < 4.78 is 21.6. The van der Waals surface area contributed by atoms with Crippen LogP contribution in [0, 0.1) is 5.82 Å². The minimum Gasteiger partial charge on any atom is -0.455 e. The topological polar surface area (TPSA) is 9.23 Å². The summed E-state index contributed by atoms with van der Waals surface area (Å²) in [5.74, 6) is 0.615. The smallest absolute Gasteiger partial charge is 0.158 e. The molecular formula is C12H5Br4FO. The van der Waals surface area contributed by atoms with Crippen LogP contribution < -0.4 is 4.74 Å². The lowest BCUT2D eigenvalue weighted by molar-refractivity contribution is 0.468. The number of halogens is 5. The van der Waals surface area contributed by atoms with Gasteiger partial charge in [0.05, 0.1) is 13.4 Å². The largest absolute Gasteiger partial charge is 0.455 e. The lowest BCUT2D eigenvalue weighted by atomic mass is 10.3. The molecule has 0 saturated carbocycles. The maximum atomic E-state index is 13.7. The van der Waals surface area contributed by atoms with Crippen molar-refractivity contribution in [3.8, 4) is 11.5 Å². The van der Waals surface area contributed by atoms with Crippen LogP contribution in [-0.2, 0) is 0 Å². The Kier molecular flexibility index (Phi) is 4.86. The van der Waals surface area contributed by atoms with Crippen LogP contribution in [0.2, 0.25) is 0 Å².